The Morgan fingerprint density at radius 3 is 2.50 bits per heavy atom. The molecule has 0 bridgehead atoms. The fourth-order valence-corrected chi connectivity index (χ4v) is 3.97. The van der Waals surface area contributed by atoms with Crippen LogP contribution in [0.2, 0.25) is 5.02 Å². The van der Waals surface area contributed by atoms with E-state index in [1.165, 1.54) is 15.9 Å². The van der Waals surface area contributed by atoms with Crippen LogP contribution in [0.4, 0.5) is 0 Å². The fraction of sp³-hybridized carbons (Fsp3) is 0.316. The topological polar surface area (TPSA) is 55.2 Å². The summed E-state index contributed by atoms with van der Waals surface area (Å²) in [6.45, 7) is 4.35. The number of benzene rings is 1. The van der Waals surface area contributed by atoms with Crippen LogP contribution in [0.3, 0.4) is 0 Å². The van der Waals surface area contributed by atoms with Crippen LogP contribution in [0.1, 0.15) is 26.6 Å². The van der Waals surface area contributed by atoms with Crippen molar-refractivity contribution in [1.29, 1.82) is 0 Å². The average molecular weight is 390 g/mol. The molecule has 0 aliphatic carbocycles. The number of fused-ring (bicyclic) bond motifs is 1. The first-order valence-electron chi connectivity index (χ1n) is 8.21. The van der Waals surface area contributed by atoms with Crippen LogP contribution in [-0.4, -0.2) is 34.3 Å². The van der Waals surface area contributed by atoms with Crippen molar-refractivity contribution < 1.29 is 4.79 Å². The van der Waals surface area contributed by atoms with Crippen LogP contribution >= 0.6 is 22.9 Å². The molecule has 0 radical (unpaired) electrons. The van der Waals surface area contributed by atoms with Crippen LogP contribution < -0.4 is 5.56 Å². The van der Waals surface area contributed by atoms with E-state index in [1.807, 2.05) is 32.8 Å². The van der Waals surface area contributed by atoms with E-state index in [2.05, 4.69) is 4.98 Å². The molecule has 0 fully saturated rings. The minimum atomic E-state index is -0.156. The molecule has 0 atom stereocenters. The molecular formula is C19H20ClN3O2S. The smallest absolute Gasteiger partial charge is 0.263 e. The summed E-state index contributed by atoms with van der Waals surface area (Å²) in [7, 11) is 3.82. The maximum atomic E-state index is 13.1. The van der Waals surface area contributed by atoms with Gasteiger partial charge in [0.15, 0.2) is 5.78 Å². The van der Waals surface area contributed by atoms with Crippen LogP contribution in [0.25, 0.3) is 10.2 Å². The van der Waals surface area contributed by atoms with Crippen molar-refractivity contribution in [1.82, 2.24) is 14.5 Å². The normalized spacial score (nSPS) is 11.5. The molecule has 26 heavy (non-hydrogen) atoms. The maximum Gasteiger partial charge on any atom is 0.263 e. The van der Waals surface area contributed by atoms with E-state index in [-0.39, 0.29) is 17.9 Å². The predicted molar refractivity (Wildman–Crippen MR) is 107 cm³/mol. The number of rotatable bonds is 5. The standard InChI is InChI=1S/C19H20ClN3O2S/c1-11-12(2)26-18-17(11)19(25)23(16(21-18)10-22(3)4)9-15(24)13-5-7-14(20)8-6-13/h5-8H,9-10H2,1-4H3. The summed E-state index contributed by atoms with van der Waals surface area (Å²) in [4.78, 5) is 34.2. The Hall–Kier alpha value is -2.02. The van der Waals surface area contributed by atoms with Crippen LogP contribution in [-0.2, 0) is 13.1 Å². The molecule has 0 spiro atoms. The summed E-state index contributed by atoms with van der Waals surface area (Å²) >= 11 is 7.41. The number of hydrogen-bond acceptors (Lipinski definition) is 5. The lowest BCUT2D eigenvalue weighted by atomic mass is 10.1. The average Bonchev–Trinajstić information content (AvgIpc) is 2.85. The molecule has 0 saturated heterocycles. The summed E-state index contributed by atoms with van der Waals surface area (Å²) in [5.41, 5.74) is 1.30. The van der Waals surface area contributed by atoms with E-state index in [1.54, 1.807) is 24.3 Å². The molecule has 3 rings (SSSR count). The third kappa shape index (κ3) is 3.58. The van der Waals surface area contributed by atoms with Gasteiger partial charge in [0.2, 0.25) is 0 Å². The number of aromatic nitrogens is 2. The zero-order chi connectivity index (χ0) is 19.0. The zero-order valence-corrected chi connectivity index (χ0v) is 16.7. The van der Waals surface area contributed by atoms with E-state index in [4.69, 9.17) is 11.6 Å². The van der Waals surface area contributed by atoms with Crippen molar-refractivity contribution >= 4 is 38.9 Å². The Labute approximate surface area is 160 Å². The third-order valence-corrected chi connectivity index (χ3v) is 5.65. The first kappa shape index (κ1) is 18.8. The van der Waals surface area contributed by atoms with Gasteiger partial charge in [-0.05, 0) is 57.8 Å². The Balaban J connectivity index is 2.11. The van der Waals surface area contributed by atoms with Crippen LogP contribution in [0.5, 0.6) is 0 Å². The summed E-state index contributed by atoms with van der Waals surface area (Å²) in [5, 5.41) is 1.18. The van der Waals surface area contributed by atoms with Gasteiger partial charge in [-0.15, -0.1) is 11.3 Å². The minimum absolute atomic E-state index is 0.0408. The lowest BCUT2D eigenvalue weighted by Crippen LogP contribution is -2.31. The number of hydrogen-bond donors (Lipinski definition) is 0. The highest BCUT2D eigenvalue weighted by Gasteiger charge is 2.19. The molecule has 1 aromatic carbocycles. The van der Waals surface area contributed by atoms with Gasteiger partial charge in [0, 0.05) is 15.5 Å². The molecule has 7 heteroatoms. The SMILES string of the molecule is Cc1sc2nc(CN(C)C)n(CC(=O)c3ccc(Cl)cc3)c(=O)c2c1C. The predicted octanol–water partition coefficient (Wildman–Crippen LogP) is 3.67. The summed E-state index contributed by atoms with van der Waals surface area (Å²) in [5.74, 6) is 0.450. The molecule has 0 N–H and O–H groups in total. The zero-order valence-electron chi connectivity index (χ0n) is 15.2. The van der Waals surface area contributed by atoms with Gasteiger partial charge in [0.25, 0.3) is 5.56 Å². The second-order valence-corrected chi connectivity index (χ2v) is 8.19. The Bertz CT molecular complexity index is 1040. The monoisotopic (exact) mass is 389 g/mol. The number of aryl methyl sites for hydroxylation is 2. The Kier molecular flexibility index (Phi) is 5.27. The number of ketones is 1. The van der Waals surface area contributed by atoms with Gasteiger partial charge in [0.05, 0.1) is 18.5 Å². The number of carbonyl (C=O) groups excluding carboxylic acids is 1. The Morgan fingerprint density at radius 1 is 1.23 bits per heavy atom. The van der Waals surface area contributed by atoms with E-state index in [0.29, 0.717) is 28.3 Å². The Morgan fingerprint density at radius 2 is 1.88 bits per heavy atom. The van der Waals surface area contributed by atoms with Gasteiger partial charge in [-0.25, -0.2) is 4.98 Å². The number of halogens is 1. The molecule has 2 aromatic heterocycles. The molecule has 0 saturated carbocycles. The molecule has 3 aromatic rings. The van der Waals surface area contributed by atoms with E-state index >= 15 is 0 Å². The fourth-order valence-electron chi connectivity index (χ4n) is 2.81. The van der Waals surface area contributed by atoms with Gasteiger partial charge in [0.1, 0.15) is 10.7 Å². The highest BCUT2D eigenvalue weighted by Crippen LogP contribution is 2.26. The molecule has 5 nitrogen and oxygen atoms in total. The van der Waals surface area contributed by atoms with Crippen molar-refractivity contribution in [2.24, 2.45) is 0 Å². The molecule has 0 amide bonds. The number of carbonyl (C=O) groups is 1. The molecule has 0 aliphatic heterocycles. The van der Waals surface area contributed by atoms with Gasteiger partial charge in [-0.2, -0.15) is 0 Å². The maximum absolute atomic E-state index is 13.1. The van der Waals surface area contributed by atoms with E-state index < -0.39 is 0 Å². The van der Waals surface area contributed by atoms with E-state index in [0.717, 1.165) is 15.3 Å². The quantitative estimate of drug-likeness (QED) is 0.625. The molecule has 136 valence electrons. The summed E-state index contributed by atoms with van der Waals surface area (Å²) < 4.78 is 1.50. The molecule has 0 aliphatic rings. The van der Waals surface area contributed by atoms with Crippen molar-refractivity contribution in [2.75, 3.05) is 14.1 Å². The number of Topliss-reactive ketones (excluding diaryl/α,β-unsaturated/α-hetero) is 1. The minimum Gasteiger partial charge on any atom is -0.302 e. The molecular weight excluding hydrogens is 370 g/mol. The second-order valence-electron chi connectivity index (χ2n) is 6.55. The largest absolute Gasteiger partial charge is 0.302 e. The van der Waals surface area contributed by atoms with E-state index in [9.17, 15) is 9.59 Å². The molecule has 0 unspecified atom stereocenters. The number of nitrogens with zero attached hydrogens (tertiary/aromatic N) is 3. The summed E-state index contributed by atoms with van der Waals surface area (Å²) in [6, 6.07) is 6.69. The summed E-state index contributed by atoms with van der Waals surface area (Å²) in [6.07, 6.45) is 0. The highest BCUT2D eigenvalue weighted by molar-refractivity contribution is 7.18. The third-order valence-electron chi connectivity index (χ3n) is 4.29. The first-order valence-corrected chi connectivity index (χ1v) is 9.40. The number of thiophene rings is 1. The highest BCUT2D eigenvalue weighted by atomic mass is 35.5. The lowest BCUT2D eigenvalue weighted by Gasteiger charge is -2.15. The van der Waals surface area contributed by atoms with Gasteiger partial charge >= 0.3 is 0 Å². The van der Waals surface area contributed by atoms with Gasteiger partial charge in [-0.3, -0.25) is 14.2 Å². The van der Waals surface area contributed by atoms with Gasteiger partial charge in [-0.1, -0.05) is 11.6 Å². The van der Waals surface area contributed by atoms with Gasteiger partial charge < -0.3 is 4.90 Å². The van der Waals surface area contributed by atoms with Crippen LogP contribution in [0, 0.1) is 13.8 Å². The van der Waals surface area contributed by atoms with Crippen molar-refractivity contribution in [2.45, 2.75) is 26.9 Å². The van der Waals surface area contributed by atoms with Crippen molar-refractivity contribution in [3.8, 4) is 0 Å². The lowest BCUT2D eigenvalue weighted by molar-refractivity contribution is 0.0968. The second kappa shape index (κ2) is 7.31. The molecule has 2 heterocycles. The van der Waals surface area contributed by atoms with Crippen LogP contribution in [0.15, 0.2) is 29.1 Å². The first-order chi connectivity index (χ1) is 12.3. The van der Waals surface area contributed by atoms with Crippen molar-refractivity contribution in [3.05, 3.63) is 61.5 Å². The van der Waals surface area contributed by atoms with Crippen molar-refractivity contribution in [3.63, 3.8) is 0 Å².